The van der Waals surface area contributed by atoms with Crippen molar-refractivity contribution in [3.05, 3.63) is 28.8 Å². The van der Waals surface area contributed by atoms with Gasteiger partial charge in [-0.1, -0.05) is 44.7 Å². The molecule has 2 aliphatic rings. The van der Waals surface area contributed by atoms with E-state index in [2.05, 4.69) is 26.0 Å². The van der Waals surface area contributed by atoms with E-state index in [1.165, 1.54) is 19.3 Å². The molecule has 2 aliphatic heterocycles. The molecule has 1 aromatic rings. The molecule has 0 radical (unpaired) electrons. The minimum absolute atomic E-state index is 0.0436. The molecule has 0 aliphatic carbocycles. The molecule has 0 bridgehead atoms. The molecule has 0 saturated carbocycles. The fourth-order valence-corrected chi connectivity index (χ4v) is 3.71. The first kappa shape index (κ1) is 16.5. The average molecular weight is 317 g/mol. The first-order chi connectivity index (χ1) is 11.1. The van der Waals surface area contributed by atoms with Crippen molar-refractivity contribution < 1.29 is 14.3 Å². The zero-order chi connectivity index (χ0) is 16.4. The second-order valence-electron chi connectivity index (χ2n) is 6.61. The van der Waals surface area contributed by atoms with Crippen molar-refractivity contribution >= 4 is 11.6 Å². The van der Waals surface area contributed by atoms with Gasteiger partial charge in [0.2, 0.25) is 0 Å². The van der Waals surface area contributed by atoms with Crippen LogP contribution in [0.3, 0.4) is 0 Å². The molecule has 1 fully saturated rings. The summed E-state index contributed by atoms with van der Waals surface area (Å²) in [6, 6.07) is 4.14. The highest BCUT2D eigenvalue weighted by atomic mass is 16.7. The lowest BCUT2D eigenvalue weighted by Crippen LogP contribution is -2.41. The Labute approximate surface area is 138 Å². The maximum atomic E-state index is 13.1. The van der Waals surface area contributed by atoms with E-state index in [-0.39, 0.29) is 5.91 Å². The summed E-state index contributed by atoms with van der Waals surface area (Å²) in [7, 11) is 0. The van der Waals surface area contributed by atoms with Crippen LogP contribution >= 0.6 is 0 Å². The predicted octanol–water partition coefficient (Wildman–Crippen LogP) is 3.82. The number of nitrogens with zero attached hydrogens (tertiary/aromatic N) is 1. The van der Waals surface area contributed by atoms with Gasteiger partial charge in [-0.25, -0.2) is 0 Å². The number of ether oxygens (including phenoxy) is 2. The van der Waals surface area contributed by atoms with Crippen LogP contribution in [0.5, 0.6) is 0 Å². The van der Waals surface area contributed by atoms with E-state index in [4.69, 9.17) is 9.47 Å². The highest BCUT2D eigenvalue weighted by molar-refractivity contribution is 6.07. The van der Waals surface area contributed by atoms with E-state index in [1.54, 1.807) is 0 Å². The number of anilines is 1. The van der Waals surface area contributed by atoms with Gasteiger partial charge in [-0.3, -0.25) is 4.79 Å². The number of hydrogen-bond acceptors (Lipinski definition) is 3. The Bertz CT molecular complexity index is 591. The zero-order valence-electron chi connectivity index (χ0n) is 14.5. The predicted molar refractivity (Wildman–Crippen MR) is 90.6 cm³/mol. The van der Waals surface area contributed by atoms with E-state index >= 15 is 0 Å². The van der Waals surface area contributed by atoms with Crippen LogP contribution in [0.1, 0.15) is 55.7 Å². The fourth-order valence-electron chi connectivity index (χ4n) is 3.71. The molecule has 3 rings (SSSR count). The molecule has 1 saturated heterocycles. The van der Waals surface area contributed by atoms with Gasteiger partial charge in [0.25, 0.3) is 11.7 Å². The molecule has 1 spiro atoms. The number of carbonyl (C=O) groups excluding carboxylic acids is 1. The van der Waals surface area contributed by atoms with Crippen LogP contribution in [0.2, 0.25) is 0 Å². The van der Waals surface area contributed by atoms with Crippen molar-refractivity contribution in [1.29, 1.82) is 0 Å². The number of fused-ring (bicyclic) bond motifs is 2. The highest BCUT2D eigenvalue weighted by Crippen LogP contribution is 2.48. The Hall–Kier alpha value is -1.39. The van der Waals surface area contributed by atoms with Crippen molar-refractivity contribution in [3.63, 3.8) is 0 Å². The topological polar surface area (TPSA) is 38.8 Å². The maximum Gasteiger partial charge on any atom is 0.292 e. The fraction of sp³-hybridized carbons (Fsp3) is 0.632. The van der Waals surface area contributed by atoms with E-state index in [1.807, 2.05) is 11.8 Å². The number of rotatable bonds is 6. The van der Waals surface area contributed by atoms with Crippen molar-refractivity contribution in [2.45, 2.75) is 58.7 Å². The Kier molecular flexibility index (Phi) is 4.74. The quantitative estimate of drug-likeness (QED) is 0.749. The molecule has 0 unspecified atom stereocenters. The van der Waals surface area contributed by atoms with Crippen molar-refractivity contribution in [2.75, 3.05) is 24.7 Å². The Morgan fingerprint density at radius 2 is 1.70 bits per heavy atom. The van der Waals surface area contributed by atoms with E-state index in [0.29, 0.717) is 13.2 Å². The molecule has 2 heterocycles. The number of carbonyl (C=O) groups is 1. The second-order valence-corrected chi connectivity index (χ2v) is 6.61. The lowest BCUT2D eigenvalue weighted by Gasteiger charge is -2.22. The number of hydrogen-bond donors (Lipinski definition) is 0. The summed E-state index contributed by atoms with van der Waals surface area (Å²) >= 11 is 0. The number of aryl methyl sites for hydroxylation is 2. The van der Waals surface area contributed by atoms with Crippen LogP contribution in [-0.2, 0) is 20.1 Å². The molecule has 4 heteroatoms. The lowest BCUT2D eigenvalue weighted by molar-refractivity contribution is -0.180. The Balaban J connectivity index is 1.88. The molecule has 0 atom stereocenters. The molecule has 23 heavy (non-hydrogen) atoms. The molecule has 1 aromatic carbocycles. The van der Waals surface area contributed by atoms with Crippen LogP contribution in [0.4, 0.5) is 5.69 Å². The van der Waals surface area contributed by atoms with Crippen LogP contribution in [0, 0.1) is 13.8 Å². The van der Waals surface area contributed by atoms with Gasteiger partial charge in [0.05, 0.1) is 18.9 Å². The third-order valence-corrected chi connectivity index (χ3v) is 4.89. The standard InChI is InChI=1S/C19H27NO3/c1-4-5-6-7-8-11-20-17-15(3)10-9-14(2)16(17)19(18(20)21)22-12-13-23-19/h9-10H,4-8,11-13H2,1-3H3. The van der Waals surface area contributed by atoms with E-state index in [0.717, 1.165) is 41.8 Å². The molecular weight excluding hydrogens is 290 g/mol. The molecule has 126 valence electrons. The molecule has 4 nitrogen and oxygen atoms in total. The molecular formula is C19H27NO3. The van der Waals surface area contributed by atoms with Gasteiger partial charge in [0.15, 0.2) is 0 Å². The van der Waals surface area contributed by atoms with Gasteiger partial charge >= 0.3 is 0 Å². The van der Waals surface area contributed by atoms with Gasteiger partial charge < -0.3 is 14.4 Å². The van der Waals surface area contributed by atoms with Gasteiger partial charge in [0, 0.05) is 12.1 Å². The van der Waals surface area contributed by atoms with E-state index < -0.39 is 5.79 Å². The smallest absolute Gasteiger partial charge is 0.292 e. The zero-order valence-corrected chi connectivity index (χ0v) is 14.5. The van der Waals surface area contributed by atoms with Crippen LogP contribution in [0.25, 0.3) is 0 Å². The number of benzene rings is 1. The monoisotopic (exact) mass is 317 g/mol. The van der Waals surface area contributed by atoms with E-state index in [9.17, 15) is 4.79 Å². The normalized spacial score (nSPS) is 18.9. The summed E-state index contributed by atoms with van der Waals surface area (Å²) in [4.78, 5) is 15.0. The second kappa shape index (κ2) is 6.62. The van der Waals surface area contributed by atoms with Gasteiger partial charge in [-0.2, -0.15) is 0 Å². The summed E-state index contributed by atoms with van der Waals surface area (Å²) in [5.41, 5.74) is 4.11. The van der Waals surface area contributed by atoms with Crippen LogP contribution in [-0.4, -0.2) is 25.7 Å². The van der Waals surface area contributed by atoms with Gasteiger partial charge in [-0.05, 0) is 31.4 Å². The average Bonchev–Trinajstić information content (AvgIpc) is 3.11. The summed E-state index contributed by atoms with van der Waals surface area (Å²) in [5.74, 6) is -1.23. The Morgan fingerprint density at radius 3 is 2.39 bits per heavy atom. The SMILES string of the molecule is CCCCCCCN1C(=O)C2(OCCO2)c2c(C)ccc(C)c21. The summed E-state index contributed by atoms with van der Waals surface area (Å²) < 4.78 is 11.7. The summed E-state index contributed by atoms with van der Waals surface area (Å²) in [6.45, 7) is 8.00. The van der Waals surface area contributed by atoms with Crippen molar-refractivity contribution in [2.24, 2.45) is 0 Å². The lowest BCUT2D eigenvalue weighted by atomic mass is 9.98. The minimum Gasteiger partial charge on any atom is -0.336 e. The largest absolute Gasteiger partial charge is 0.336 e. The first-order valence-electron chi connectivity index (χ1n) is 8.82. The van der Waals surface area contributed by atoms with Crippen molar-refractivity contribution in [3.8, 4) is 0 Å². The molecule has 0 N–H and O–H groups in total. The third-order valence-electron chi connectivity index (χ3n) is 4.89. The molecule has 1 amide bonds. The first-order valence-corrected chi connectivity index (χ1v) is 8.82. The number of amides is 1. The maximum absolute atomic E-state index is 13.1. The Morgan fingerprint density at radius 1 is 1.04 bits per heavy atom. The number of unbranched alkanes of at least 4 members (excludes halogenated alkanes) is 4. The van der Waals surface area contributed by atoms with Crippen molar-refractivity contribution in [1.82, 2.24) is 0 Å². The van der Waals surface area contributed by atoms with Crippen LogP contribution in [0.15, 0.2) is 12.1 Å². The van der Waals surface area contributed by atoms with Crippen LogP contribution < -0.4 is 4.90 Å². The molecule has 0 aromatic heterocycles. The summed E-state index contributed by atoms with van der Waals surface area (Å²) in [5, 5.41) is 0. The highest BCUT2D eigenvalue weighted by Gasteiger charge is 2.57. The van der Waals surface area contributed by atoms with Gasteiger partial charge in [0.1, 0.15) is 0 Å². The van der Waals surface area contributed by atoms with Gasteiger partial charge in [-0.15, -0.1) is 0 Å². The third kappa shape index (κ3) is 2.68. The summed E-state index contributed by atoms with van der Waals surface area (Å²) in [6.07, 6.45) is 5.91. The minimum atomic E-state index is -1.19.